The average molecular weight is 255 g/mol. The summed E-state index contributed by atoms with van der Waals surface area (Å²) in [4.78, 5) is 5.01. The number of hydrogen-bond donors (Lipinski definition) is 2. The van der Waals surface area contributed by atoms with Gasteiger partial charge in [-0.25, -0.2) is 0 Å². The monoisotopic (exact) mass is 255 g/mol. The number of piperidine rings is 1. The third-order valence-electron chi connectivity index (χ3n) is 4.63. The van der Waals surface area contributed by atoms with Crippen molar-refractivity contribution in [3.8, 4) is 0 Å². The van der Waals surface area contributed by atoms with E-state index >= 15 is 0 Å². The van der Waals surface area contributed by atoms with Crippen LogP contribution in [0.5, 0.6) is 0 Å². The average Bonchev–Trinajstić information content (AvgIpc) is 2.79. The highest BCUT2D eigenvalue weighted by molar-refractivity contribution is 4.91. The SMILES string of the molecule is CCN(CC)C1CCN(CC2(O)CCNCC2)C1. The van der Waals surface area contributed by atoms with E-state index in [0.717, 1.165) is 58.7 Å². The number of β-amino-alcohol motifs (C(OH)–C–C–N with tert-alkyl or cyclic N) is 1. The van der Waals surface area contributed by atoms with E-state index in [-0.39, 0.29) is 0 Å². The first-order valence-electron chi connectivity index (χ1n) is 7.56. The molecule has 0 aromatic heterocycles. The standard InChI is InChI=1S/C14H29N3O/c1-3-17(4-2)13-5-10-16(11-13)12-14(18)6-8-15-9-7-14/h13,15,18H,3-12H2,1-2H3. The third-order valence-corrected chi connectivity index (χ3v) is 4.63. The van der Waals surface area contributed by atoms with Crippen LogP contribution in [0, 0.1) is 0 Å². The quantitative estimate of drug-likeness (QED) is 0.751. The van der Waals surface area contributed by atoms with Crippen molar-refractivity contribution in [1.29, 1.82) is 0 Å². The first kappa shape index (κ1) is 14.3. The Bertz CT molecular complexity index is 249. The van der Waals surface area contributed by atoms with Gasteiger partial charge in [0, 0.05) is 19.1 Å². The minimum absolute atomic E-state index is 0.441. The zero-order valence-corrected chi connectivity index (χ0v) is 12.0. The maximum atomic E-state index is 10.6. The second-order valence-corrected chi connectivity index (χ2v) is 5.87. The Morgan fingerprint density at radius 3 is 2.56 bits per heavy atom. The highest BCUT2D eigenvalue weighted by Crippen LogP contribution is 2.23. The molecule has 2 rings (SSSR count). The van der Waals surface area contributed by atoms with E-state index in [1.54, 1.807) is 0 Å². The first-order valence-corrected chi connectivity index (χ1v) is 7.56. The van der Waals surface area contributed by atoms with E-state index in [9.17, 15) is 5.11 Å². The largest absolute Gasteiger partial charge is 0.388 e. The van der Waals surface area contributed by atoms with Crippen molar-refractivity contribution in [3.05, 3.63) is 0 Å². The Hall–Kier alpha value is -0.160. The van der Waals surface area contributed by atoms with Gasteiger partial charge in [-0.3, -0.25) is 9.80 Å². The Balaban J connectivity index is 1.81. The Morgan fingerprint density at radius 1 is 1.28 bits per heavy atom. The van der Waals surface area contributed by atoms with Crippen molar-refractivity contribution in [2.45, 2.75) is 44.8 Å². The van der Waals surface area contributed by atoms with Gasteiger partial charge in [0.1, 0.15) is 0 Å². The molecule has 2 aliphatic rings. The molecule has 2 N–H and O–H groups in total. The molecule has 1 atom stereocenters. The van der Waals surface area contributed by atoms with Crippen LogP contribution >= 0.6 is 0 Å². The van der Waals surface area contributed by atoms with Crippen LogP contribution in [0.1, 0.15) is 33.1 Å². The van der Waals surface area contributed by atoms with Crippen molar-refractivity contribution in [3.63, 3.8) is 0 Å². The summed E-state index contributed by atoms with van der Waals surface area (Å²) in [5, 5.41) is 13.9. The minimum Gasteiger partial charge on any atom is -0.388 e. The molecule has 0 radical (unpaired) electrons. The van der Waals surface area contributed by atoms with Crippen molar-refractivity contribution < 1.29 is 5.11 Å². The molecule has 4 nitrogen and oxygen atoms in total. The maximum absolute atomic E-state index is 10.6. The van der Waals surface area contributed by atoms with E-state index < -0.39 is 5.60 Å². The zero-order chi connectivity index (χ0) is 13.0. The number of aliphatic hydroxyl groups is 1. The number of nitrogens with one attached hydrogen (secondary N) is 1. The normalized spacial score (nSPS) is 29.0. The van der Waals surface area contributed by atoms with Crippen LogP contribution < -0.4 is 5.32 Å². The number of likely N-dealkylation sites (N-methyl/N-ethyl adjacent to an activating group) is 1. The molecule has 2 heterocycles. The predicted octanol–water partition coefficient (Wildman–Crippen LogP) is 0.517. The molecule has 2 saturated heterocycles. The van der Waals surface area contributed by atoms with Crippen LogP contribution in [0.25, 0.3) is 0 Å². The second kappa shape index (κ2) is 6.33. The molecule has 0 aromatic carbocycles. The second-order valence-electron chi connectivity index (χ2n) is 5.87. The summed E-state index contributed by atoms with van der Waals surface area (Å²) >= 11 is 0. The lowest BCUT2D eigenvalue weighted by atomic mass is 9.92. The van der Waals surface area contributed by atoms with Crippen molar-refractivity contribution in [1.82, 2.24) is 15.1 Å². The summed E-state index contributed by atoms with van der Waals surface area (Å²) in [6, 6.07) is 0.699. The van der Waals surface area contributed by atoms with Gasteiger partial charge in [-0.15, -0.1) is 0 Å². The summed E-state index contributed by atoms with van der Waals surface area (Å²) in [5.41, 5.74) is -0.441. The summed E-state index contributed by atoms with van der Waals surface area (Å²) in [7, 11) is 0. The molecule has 0 spiro atoms. The number of rotatable bonds is 5. The molecule has 4 heteroatoms. The van der Waals surface area contributed by atoms with Crippen molar-refractivity contribution in [2.24, 2.45) is 0 Å². The Kier molecular flexibility index (Phi) is 5.01. The minimum atomic E-state index is -0.441. The summed E-state index contributed by atoms with van der Waals surface area (Å²) in [6.45, 7) is 11.8. The first-order chi connectivity index (χ1) is 8.67. The fraction of sp³-hybridized carbons (Fsp3) is 1.00. The molecule has 18 heavy (non-hydrogen) atoms. The molecule has 1 unspecified atom stereocenters. The summed E-state index contributed by atoms with van der Waals surface area (Å²) < 4.78 is 0. The van der Waals surface area contributed by atoms with E-state index in [4.69, 9.17) is 0 Å². The molecular formula is C14H29N3O. The van der Waals surface area contributed by atoms with Gasteiger partial charge < -0.3 is 10.4 Å². The smallest absolute Gasteiger partial charge is 0.0798 e. The lowest BCUT2D eigenvalue weighted by Gasteiger charge is -2.36. The van der Waals surface area contributed by atoms with Crippen LogP contribution in [0.15, 0.2) is 0 Å². The van der Waals surface area contributed by atoms with Crippen LogP contribution in [0.3, 0.4) is 0 Å². The molecule has 0 aliphatic carbocycles. The third kappa shape index (κ3) is 3.44. The van der Waals surface area contributed by atoms with Crippen LogP contribution in [-0.2, 0) is 0 Å². The molecule has 0 saturated carbocycles. The topological polar surface area (TPSA) is 38.7 Å². The molecule has 0 bridgehead atoms. The maximum Gasteiger partial charge on any atom is 0.0798 e. The number of likely N-dealkylation sites (tertiary alicyclic amines) is 1. The van der Waals surface area contributed by atoms with Crippen molar-refractivity contribution >= 4 is 0 Å². The number of hydrogen-bond acceptors (Lipinski definition) is 4. The van der Waals surface area contributed by atoms with Gasteiger partial charge in [0.25, 0.3) is 0 Å². The Labute approximate surface area is 111 Å². The molecule has 0 aromatic rings. The molecule has 2 aliphatic heterocycles. The van der Waals surface area contributed by atoms with Gasteiger partial charge in [-0.2, -0.15) is 0 Å². The van der Waals surface area contributed by atoms with E-state index in [1.807, 2.05) is 0 Å². The van der Waals surface area contributed by atoms with E-state index in [2.05, 4.69) is 29.0 Å². The van der Waals surface area contributed by atoms with Gasteiger partial charge in [-0.1, -0.05) is 13.8 Å². The van der Waals surface area contributed by atoms with Gasteiger partial charge in [0.15, 0.2) is 0 Å². The lowest BCUT2D eigenvalue weighted by Crippen LogP contribution is -2.49. The van der Waals surface area contributed by atoms with E-state index in [1.165, 1.54) is 6.42 Å². The Morgan fingerprint density at radius 2 is 1.94 bits per heavy atom. The lowest BCUT2D eigenvalue weighted by molar-refractivity contribution is -0.0171. The molecule has 106 valence electrons. The van der Waals surface area contributed by atoms with Gasteiger partial charge in [-0.05, 0) is 52.0 Å². The van der Waals surface area contributed by atoms with Gasteiger partial charge in [0.2, 0.25) is 0 Å². The van der Waals surface area contributed by atoms with E-state index in [0.29, 0.717) is 6.04 Å². The van der Waals surface area contributed by atoms with Crippen LogP contribution in [-0.4, -0.2) is 72.4 Å². The fourth-order valence-corrected chi connectivity index (χ4v) is 3.46. The molecular weight excluding hydrogens is 226 g/mol. The summed E-state index contributed by atoms with van der Waals surface area (Å²) in [6.07, 6.45) is 3.06. The highest BCUT2D eigenvalue weighted by Gasteiger charge is 2.34. The van der Waals surface area contributed by atoms with Crippen LogP contribution in [0.4, 0.5) is 0 Å². The van der Waals surface area contributed by atoms with Crippen LogP contribution in [0.2, 0.25) is 0 Å². The zero-order valence-electron chi connectivity index (χ0n) is 12.0. The fourth-order valence-electron chi connectivity index (χ4n) is 3.46. The van der Waals surface area contributed by atoms with Gasteiger partial charge in [0.05, 0.1) is 5.60 Å². The highest BCUT2D eigenvalue weighted by atomic mass is 16.3. The molecule has 2 fully saturated rings. The van der Waals surface area contributed by atoms with Gasteiger partial charge >= 0.3 is 0 Å². The predicted molar refractivity (Wildman–Crippen MR) is 74.8 cm³/mol. The number of nitrogens with zero attached hydrogens (tertiary/aromatic N) is 2. The summed E-state index contributed by atoms with van der Waals surface area (Å²) in [5.74, 6) is 0. The van der Waals surface area contributed by atoms with Crippen molar-refractivity contribution in [2.75, 3.05) is 45.8 Å². The molecule has 0 amide bonds.